The van der Waals surface area contributed by atoms with Crippen molar-refractivity contribution in [2.24, 2.45) is 5.92 Å². The number of urea groups is 1. The Morgan fingerprint density at radius 3 is 2.29 bits per heavy atom. The number of carbonyl (C=O) groups is 3. The van der Waals surface area contributed by atoms with Gasteiger partial charge in [-0.05, 0) is 38.9 Å². The number of hydrogen-bond acceptors (Lipinski definition) is 4. The third kappa shape index (κ3) is 3.78. The molecule has 2 rings (SSSR count). The Hall–Kier alpha value is -1.95. The van der Waals surface area contributed by atoms with Crippen LogP contribution in [-0.4, -0.2) is 42.9 Å². The highest BCUT2D eigenvalue weighted by molar-refractivity contribution is 6.28. The summed E-state index contributed by atoms with van der Waals surface area (Å²) in [7, 11) is 4.14. The number of nitrogens with zero attached hydrogens (tertiary/aromatic N) is 1. The largest absolute Gasteiger partial charge is 0.328 e. The van der Waals surface area contributed by atoms with Crippen molar-refractivity contribution in [2.45, 2.75) is 31.7 Å². The van der Waals surface area contributed by atoms with Gasteiger partial charge in [0.1, 0.15) is 5.57 Å². The van der Waals surface area contributed by atoms with Gasteiger partial charge in [0.05, 0.1) is 0 Å². The molecule has 0 aromatic heterocycles. The second-order valence-electron chi connectivity index (χ2n) is 5.68. The minimum Gasteiger partial charge on any atom is -0.306 e. The van der Waals surface area contributed by atoms with E-state index in [0.29, 0.717) is 12.0 Å². The highest BCUT2D eigenvalue weighted by Crippen LogP contribution is 2.28. The first-order chi connectivity index (χ1) is 9.99. The van der Waals surface area contributed by atoms with Gasteiger partial charge in [-0.2, -0.15) is 0 Å². The van der Waals surface area contributed by atoms with Gasteiger partial charge in [-0.15, -0.1) is 0 Å². The van der Waals surface area contributed by atoms with E-state index in [1.165, 1.54) is 18.9 Å². The highest BCUT2D eigenvalue weighted by Gasteiger charge is 2.27. The van der Waals surface area contributed by atoms with Crippen LogP contribution < -0.4 is 10.6 Å². The third-order valence-electron chi connectivity index (χ3n) is 4.01. The van der Waals surface area contributed by atoms with Gasteiger partial charge in [0.15, 0.2) is 0 Å². The van der Waals surface area contributed by atoms with Gasteiger partial charge in [0, 0.05) is 6.04 Å². The maximum Gasteiger partial charge on any atom is 0.328 e. The maximum atomic E-state index is 11.6. The van der Waals surface area contributed by atoms with Crippen LogP contribution in [0.2, 0.25) is 0 Å². The Balaban J connectivity index is 2.06. The van der Waals surface area contributed by atoms with Gasteiger partial charge in [0.2, 0.25) is 0 Å². The summed E-state index contributed by atoms with van der Waals surface area (Å²) in [6, 6.07) is -0.282. The van der Waals surface area contributed by atoms with E-state index in [4.69, 9.17) is 0 Å². The first-order valence-electron chi connectivity index (χ1n) is 7.20. The minimum atomic E-state index is -0.772. The number of nitrogens with one attached hydrogen (secondary N) is 2. The number of carbonyl (C=O) groups excluding carboxylic acids is 3. The summed E-state index contributed by atoms with van der Waals surface area (Å²) < 4.78 is 0. The Morgan fingerprint density at radius 1 is 1.05 bits per heavy atom. The van der Waals surface area contributed by atoms with Crippen molar-refractivity contribution in [3.63, 3.8) is 0 Å². The predicted molar refractivity (Wildman–Crippen MR) is 78.3 cm³/mol. The SMILES string of the molecule is CN(C)C1CCCCC1/C=C/C=C1C(=O)NC(=O)NC1=O. The van der Waals surface area contributed by atoms with E-state index < -0.39 is 17.8 Å². The Bertz CT molecular complexity index is 486. The monoisotopic (exact) mass is 291 g/mol. The molecule has 2 aliphatic rings. The summed E-state index contributed by atoms with van der Waals surface area (Å²) in [4.78, 5) is 36.3. The van der Waals surface area contributed by atoms with Crippen molar-refractivity contribution < 1.29 is 14.4 Å². The molecule has 1 aliphatic heterocycles. The van der Waals surface area contributed by atoms with E-state index in [1.807, 2.05) is 6.08 Å². The van der Waals surface area contributed by atoms with Gasteiger partial charge >= 0.3 is 6.03 Å². The molecule has 1 aliphatic carbocycles. The lowest BCUT2D eigenvalue weighted by Crippen LogP contribution is -2.51. The fraction of sp³-hybridized carbons (Fsp3) is 0.533. The maximum absolute atomic E-state index is 11.6. The average molecular weight is 291 g/mol. The van der Waals surface area contributed by atoms with Crippen molar-refractivity contribution >= 4 is 17.8 Å². The Morgan fingerprint density at radius 2 is 1.67 bits per heavy atom. The molecular weight excluding hydrogens is 270 g/mol. The van der Waals surface area contributed by atoms with Gasteiger partial charge < -0.3 is 4.90 Å². The molecule has 21 heavy (non-hydrogen) atoms. The molecule has 114 valence electrons. The van der Waals surface area contributed by atoms with Crippen LogP contribution in [0.15, 0.2) is 23.8 Å². The lowest BCUT2D eigenvalue weighted by atomic mass is 9.83. The van der Waals surface area contributed by atoms with Crippen LogP contribution in [0.25, 0.3) is 0 Å². The second kappa shape index (κ2) is 6.67. The molecule has 4 amide bonds. The number of hydrogen-bond donors (Lipinski definition) is 2. The van der Waals surface area contributed by atoms with Crippen LogP contribution in [0.3, 0.4) is 0 Å². The molecule has 0 bridgehead atoms. The zero-order chi connectivity index (χ0) is 15.4. The molecule has 1 heterocycles. The highest BCUT2D eigenvalue weighted by atomic mass is 16.2. The number of amides is 4. The van der Waals surface area contributed by atoms with Crippen molar-refractivity contribution in [1.29, 1.82) is 0 Å². The summed E-state index contributed by atoms with van der Waals surface area (Å²) in [5.74, 6) is -0.885. The number of barbiturate groups is 1. The molecule has 2 N–H and O–H groups in total. The summed E-state index contributed by atoms with van der Waals surface area (Å²) in [5.41, 5.74) is -0.0388. The Labute approximate surface area is 124 Å². The molecule has 1 saturated carbocycles. The fourth-order valence-electron chi connectivity index (χ4n) is 2.93. The predicted octanol–water partition coefficient (Wildman–Crippen LogP) is 0.955. The van der Waals surface area contributed by atoms with Crippen molar-refractivity contribution in [2.75, 3.05) is 14.1 Å². The minimum absolute atomic E-state index is 0.0388. The molecule has 6 nitrogen and oxygen atoms in total. The van der Waals surface area contributed by atoms with Crippen LogP contribution >= 0.6 is 0 Å². The molecule has 6 heteroatoms. The summed E-state index contributed by atoms with van der Waals surface area (Å²) in [5, 5.41) is 4.11. The first kappa shape index (κ1) is 15.4. The lowest BCUT2D eigenvalue weighted by molar-refractivity contribution is -0.124. The lowest BCUT2D eigenvalue weighted by Gasteiger charge is -2.34. The topological polar surface area (TPSA) is 78.5 Å². The van der Waals surface area contributed by atoms with Crippen molar-refractivity contribution in [3.8, 4) is 0 Å². The van der Waals surface area contributed by atoms with Gasteiger partial charge in [-0.3, -0.25) is 20.2 Å². The quantitative estimate of drug-likeness (QED) is 0.599. The first-order valence-corrected chi connectivity index (χ1v) is 7.20. The van der Waals surface area contributed by atoms with Crippen LogP contribution in [0, 0.1) is 5.92 Å². The molecule has 1 saturated heterocycles. The average Bonchev–Trinajstić information content (AvgIpc) is 2.42. The molecule has 2 unspecified atom stereocenters. The van der Waals surface area contributed by atoms with E-state index in [1.54, 1.807) is 6.08 Å². The van der Waals surface area contributed by atoms with E-state index in [-0.39, 0.29) is 5.57 Å². The van der Waals surface area contributed by atoms with Gasteiger partial charge in [0.25, 0.3) is 11.8 Å². The van der Waals surface area contributed by atoms with Crippen molar-refractivity contribution in [1.82, 2.24) is 15.5 Å². The number of rotatable bonds is 3. The van der Waals surface area contributed by atoms with Gasteiger partial charge in [-0.1, -0.05) is 25.0 Å². The molecular formula is C15H21N3O3. The standard InChI is InChI=1S/C15H21N3O3/c1-18(2)12-9-4-3-6-10(12)7-5-8-11-13(19)16-15(21)17-14(11)20/h5,7-8,10,12H,3-4,6,9H2,1-2H3,(H2,16,17,19,20,21)/b7-5+. The van der Waals surface area contributed by atoms with E-state index in [2.05, 4.69) is 29.6 Å². The van der Waals surface area contributed by atoms with E-state index in [0.717, 1.165) is 12.8 Å². The van der Waals surface area contributed by atoms with Crippen LogP contribution in [0.5, 0.6) is 0 Å². The molecule has 0 spiro atoms. The van der Waals surface area contributed by atoms with Crippen LogP contribution in [0.1, 0.15) is 25.7 Å². The smallest absolute Gasteiger partial charge is 0.306 e. The number of allylic oxidation sites excluding steroid dienone is 2. The third-order valence-corrected chi connectivity index (χ3v) is 4.01. The van der Waals surface area contributed by atoms with Crippen molar-refractivity contribution in [3.05, 3.63) is 23.8 Å². The molecule has 0 radical (unpaired) electrons. The van der Waals surface area contributed by atoms with Crippen LogP contribution in [0.4, 0.5) is 4.79 Å². The molecule has 0 aromatic rings. The summed E-state index contributed by atoms with van der Waals surface area (Å²) in [6.45, 7) is 0. The van der Waals surface area contributed by atoms with E-state index in [9.17, 15) is 14.4 Å². The summed E-state index contributed by atoms with van der Waals surface area (Å²) >= 11 is 0. The van der Waals surface area contributed by atoms with Gasteiger partial charge in [-0.25, -0.2) is 4.79 Å². The van der Waals surface area contributed by atoms with E-state index >= 15 is 0 Å². The van der Waals surface area contributed by atoms with Crippen LogP contribution in [-0.2, 0) is 9.59 Å². The second-order valence-corrected chi connectivity index (χ2v) is 5.68. The Kier molecular flexibility index (Phi) is 4.90. The number of imide groups is 2. The molecule has 2 fully saturated rings. The summed E-state index contributed by atoms with van der Waals surface area (Å²) in [6.07, 6.45) is 9.98. The molecule has 2 atom stereocenters. The zero-order valence-corrected chi connectivity index (χ0v) is 12.4. The normalized spacial score (nSPS) is 27.0. The zero-order valence-electron chi connectivity index (χ0n) is 12.4. The fourth-order valence-corrected chi connectivity index (χ4v) is 2.93. The molecule has 0 aromatic carbocycles.